The van der Waals surface area contributed by atoms with Crippen molar-refractivity contribution >= 4 is 0 Å². The van der Waals surface area contributed by atoms with Crippen molar-refractivity contribution in [1.82, 2.24) is 4.90 Å². The van der Waals surface area contributed by atoms with Crippen molar-refractivity contribution in [3.63, 3.8) is 0 Å². The first-order chi connectivity index (χ1) is 6.79. The minimum atomic E-state index is 0.748. The van der Waals surface area contributed by atoms with Gasteiger partial charge in [0, 0.05) is 12.1 Å². The molecule has 1 fully saturated rings. The second kappa shape index (κ2) is 6.41. The Balaban J connectivity index is 2.24. The van der Waals surface area contributed by atoms with Gasteiger partial charge in [0.2, 0.25) is 0 Å². The van der Waals surface area contributed by atoms with Crippen LogP contribution in [0.3, 0.4) is 0 Å². The third-order valence-corrected chi connectivity index (χ3v) is 3.18. The van der Waals surface area contributed by atoms with Crippen molar-refractivity contribution in [3.8, 4) is 0 Å². The Hall–Kier alpha value is -0.0800. The third kappa shape index (κ3) is 3.97. The Morgan fingerprint density at radius 1 is 1.36 bits per heavy atom. The van der Waals surface area contributed by atoms with Crippen molar-refractivity contribution < 1.29 is 0 Å². The average Bonchev–Trinajstić information content (AvgIpc) is 2.99. The third-order valence-electron chi connectivity index (χ3n) is 3.18. The molecule has 0 saturated heterocycles. The number of rotatable bonds is 8. The molecule has 0 aromatic carbocycles. The number of nitrogens with zero attached hydrogens (tertiary/aromatic N) is 1. The molecule has 0 spiro atoms. The van der Waals surface area contributed by atoms with Gasteiger partial charge < -0.3 is 5.73 Å². The molecule has 1 aliphatic carbocycles. The highest BCUT2D eigenvalue weighted by atomic mass is 15.2. The zero-order valence-corrected chi connectivity index (χ0v) is 9.84. The van der Waals surface area contributed by atoms with Gasteiger partial charge >= 0.3 is 0 Å². The molecule has 2 heteroatoms. The molecule has 1 unspecified atom stereocenters. The summed E-state index contributed by atoms with van der Waals surface area (Å²) in [6.45, 7) is 6.78. The van der Waals surface area contributed by atoms with Gasteiger partial charge in [0.05, 0.1) is 0 Å². The molecular weight excluding hydrogens is 172 g/mol. The van der Waals surface area contributed by atoms with Crippen molar-refractivity contribution in [2.45, 2.75) is 64.5 Å². The van der Waals surface area contributed by atoms with Crippen LogP contribution in [0.2, 0.25) is 0 Å². The van der Waals surface area contributed by atoms with Gasteiger partial charge in [-0.3, -0.25) is 4.90 Å². The topological polar surface area (TPSA) is 29.3 Å². The van der Waals surface area contributed by atoms with E-state index in [1.165, 1.54) is 45.1 Å². The van der Waals surface area contributed by atoms with E-state index in [1.807, 2.05) is 0 Å². The van der Waals surface area contributed by atoms with Gasteiger partial charge in [-0.15, -0.1) is 0 Å². The summed E-state index contributed by atoms with van der Waals surface area (Å²) < 4.78 is 0. The lowest BCUT2D eigenvalue weighted by Crippen LogP contribution is -2.36. The van der Waals surface area contributed by atoms with Crippen LogP contribution in [0.1, 0.15) is 52.4 Å². The average molecular weight is 198 g/mol. The Bertz CT molecular complexity index is 143. The highest BCUT2D eigenvalue weighted by Crippen LogP contribution is 2.29. The van der Waals surface area contributed by atoms with Crippen LogP contribution in [0.5, 0.6) is 0 Å². The summed E-state index contributed by atoms with van der Waals surface area (Å²) in [5, 5.41) is 0. The number of unbranched alkanes of at least 4 members (excludes halogenated alkanes) is 1. The first-order valence-corrected chi connectivity index (χ1v) is 6.25. The summed E-state index contributed by atoms with van der Waals surface area (Å²) in [5.74, 6) is 0. The van der Waals surface area contributed by atoms with Gasteiger partial charge in [0.15, 0.2) is 0 Å². The SMILES string of the molecule is CCCCN(C(C)CCCN)C1CC1. The largest absolute Gasteiger partial charge is 0.330 e. The monoisotopic (exact) mass is 198 g/mol. The van der Waals surface area contributed by atoms with E-state index in [0.29, 0.717) is 0 Å². The van der Waals surface area contributed by atoms with E-state index in [4.69, 9.17) is 5.73 Å². The van der Waals surface area contributed by atoms with E-state index in [1.54, 1.807) is 0 Å². The molecule has 1 aliphatic rings. The highest BCUT2D eigenvalue weighted by molar-refractivity contribution is 4.87. The van der Waals surface area contributed by atoms with Crippen LogP contribution in [0.25, 0.3) is 0 Å². The Morgan fingerprint density at radius 3 is 2.57 bits per heavy atom. The van der Waals surface area contributed by atoms with E-state index in [0.717, 1.165) is 18.6 Å². The molecule has 1 saturated carbocycles. The van der Waals surface area contributed by atoms with Gasteiger partial charge in [0.25, 0.3) is 0 Å². The van der Waals surface area contributed by atoms with E-state index in [-0.39, 0.29) is 0 Å². The number of nitrogens with two attached hydrogens (primary N) is 1. The second-order valence-corrected chi connectivity index (χ2v) is 4.60. The van der Waals surface area contributed by atoms with Crippen LogP contribution in [0.15, 0.2) is 0 Å². The minimum absolute atomic E-state index is 0.748. The second-order valence-electron chi connectivity index (χ2n) is 4.60. The Labute approximate surface area is 88.8 Å². The van der Waals surface area contributed by atoms with Crippen LogP contribution in [0, 0.1) is 0 Å². The van der Waals surface area contributed by atoms with Gasteiger partial charge in [-0.1, -0.05) is 13.3 Å². The van der Waals surface area contributed by atoms with Crippen LogP contribution in [-0.4, -0.2) is 30.1 Å². The van der Waals surface area contributed by atoms with Crippen LogP contribution in [-0.2, 0) is 0 Å². The highest BCUT2D eigenvalue weighted by Gasteiger charge is 2.31. The lowest BCUT2D eigenvalue weighted by Gasteiger charge is -2.29. The van der Waals surface area contributed by atoms with Crippen LogP contribution < -0.4 is 5.73 Å². The molecule has 84 valence electrons. The molecule has 14 heavy (non-hydrogen) atoms. The molecule has 0 aromatic heterocycles. The fourth-order valence-corrected chi connectivity index (χ4v) is 2.09. The zero-order valence-electron chi connectivity index (χ0n) is 9.84. The van der Waals surface area contributed by atoms with E-state index in [2.05, 4.69) is 18.7 Å². The molecule has 0 aromatic rings. The predicted octanol–water partition coefficient (Wildman–Crippen LogP) is 2.38. The number of hydrogen-bond donors (Lipinski definition) is 1. The zero-order chi connectivity index (χ0) is 10.4. The molecule has 0 bridgehead atoms. The maximum absolute atomic E-state index is 5.55. The van der Waals surface area contributed by atoms with E-state index >= 15 is 0 Å². The summed E-state index contributed by atoms with van der Waals surface area (Å²) in [4.78, 5) is 2.71. The molecule has 2 nitrogen and oxygen atoms in total. The normalized spacial score (nSPS) is 18.9. The fraction of sp³-hybridized carbons (Fsp3) is 1.00. The first kappa shape index (κ1) is 12.0. The lowest BCUT2D eigenvalue weighted by atomic mass is 10.1. The van der Waals surface area contributed by atoms with Crippen molar-refractivity contribution in [3.05, 3.63) is 0 Å². The summed E-state index contributed by atoms with van der Waals surface area (Å²) >= 11 is 0. The number of hydrogen-bond acceptors (Lipinski definition) is 2. The minimum Gasteiger partial charge on any atom is -0.330 e. The molecule has 1 atom stereocenters. The van der Waals surface area contributed by atoms with Gasteiger partial charge in [-0.05, 0) is 52.1 Å². The molecule has 0 radical (unpaired) electrons. The van der Waals surface area contributed by atoms with E-state index in [9.17, 15) is 0 Å². The lowest BCUT2D eigenvalue weighted by molar-refractivity contribution is 0.185. The Kier molecular flexibility index (Phi) is 5.49. The van der Waals surface area contributed by atoms with Crippen LogP contribution >= 0.6 is 0 Å². The van der Waals surface area contributed by atoms with Gasteiger partial charge in [-0.2, -0.15) is 0 Å². The predicted molar refractivity (Wildman–Crippen MR) is 62.4 cm³/mol. The maximum Gasteiger partial charge on any atom is 0.00992 e. The van der Waals surface area contributed by atoms with E-state index < -0.39 is 0 Å². The summed E-state index contributed by atoms with van der Waals surface area (Å²) in [7, 11) is 0. The quantitative estimate of drug-likeness (QED) is 0.649. The molecule has 2 N–H and O–H groups in total. The molecular formula is C12H26N2. The smallest absolute Gasteiger partial charge is 0.00992 e. The molecule has 0 amide bonds. The van der Waals surface area contributed by atoms with Crippen molar-refractivity contribution in [2.75, 3.05) is 13.1 Å². The fourth-order valence-electron chi connectivity index (χ4n) is 2.09. The summed E-state index contributed by atoms with van der Waals surface area (Å²) in [6, 6.07) is 1.66. The molecule has 0 heterocycles. The maximum atomic E-state index is 5.55. The summed E-state index contributed by atoms with van der Waals surface area (Å²) in [6.07, 6.45) is 7.97. The molecule has 1 rings (SSSR count). The first-order valence-electron chi connectivity index (χ1n) is 6.25. The summed E-state index contributed by atoms with van der Waals surface area (Å²) in [5.41, 5.74) is 5.55. The van der Waals surface area contributed by atoms with Gasteiger partial charge in [0.1, 0.15) is 0 Å². The van der Waals surface area contributed by atoms with Crippen LogP contribution in [0.4, 0.5) is 0 Å². The van der Waals surface area contributed by atoms with Crippen molar-refractivity contribution in [2.24, 2.45) is 5.73 Å². The molecule has 0 aliphatic heterocycles. The Morgan fingerprint density at radius 2 is 2.07 bits per heavy atom. The standard InChI is InChI=1S/C12H26N2/c1-3-4-10-14(12-7-8-12)11(2)6-5-9-13/h11-12H,3-10,13H2,1-2H3. The van der Waals surface area contributed by atoms with Crippen molar-refractivity contribution in [1.29, 1.82) is 0 Å². The van der Waals surface area contributed by atoms with Gasteiger partial charge in [-0.25, -0.2) is 0 Å².